The maximum absolute atomic E-state index is 11.6. The van der Waals surface area contributed by atoms with E-state index in [0.29, 0.717) is 5.56 Å². The molecule has 0 aromatic heterocycles. The third-order valence-electron chi connectivity index (χ3n) is 2.85. The molecular weight excluding hydrogens is 308 g/mol. The Bertz CT molecular complexity index is 601. The zero-order valence-corrected chi connectivity index (χ0v) is 12.0. The molecule has 0 aliphatic heterocycles. The summed E-state index contributed by atoms with van der Waals surface area (Å²) in [6, 6.07) is 4.10. The highest BCUT2D eigenvalue weighted by Gasteiger charge is 2.21. The van der Waals surface area contributed by atoms with Crippen LogP contribution >= 0.6 is 0 Å². The minimum atomic E-state index is -1.26. The molecule has 2 amide bonds. The zero-order valence-electron chi connectivity index (χ0n) is 12.0. The first kappa shape index (κ1) is 18.0. The first-order valence-electron chi connectivity index (χ1n) is 6.55. The summed E-state index contributed by atoms with van der Waals surface area (Å²) in [4.78, 5) is 43.7. The number of hydrogen-bond donors (Lipinski definition) is 4. The van der Waals surface area contributed by atoms with Crippen LogP contribution < -0.4 is 16.4 Å². The topological polar surface area (TPSA) is 165 Å². The van der Waals surface area contributed by atoms with Gasteiger partial charge in [-0.3, -0.25) is 19.7 Å². The summed E-state index contributed by atoms with van der Waals surface area (Å²) < 4.78 is 0. The average Bonchev–Trinajstić information content (AvgIpc) is 2.52. The number of carbonyl (C=O) groups excluding carboxylic acids is 2. The quantitative estimate of drug-likeness (QED) is 0.343. The van der Waals surface area contributed by atoms with Gasteiger partial charge >= 0.3 is 5.97 Å². The van der Waals surface area contributed by atoms with Gasteiger partial charge in [-0.25, -0.2) is 4.79 Å². The van der Waals surface area contributed by atoms with Crippen molar-refractivity contribution >= 4 is 23.5 Å². The van der Waals surface area contributed by atoms with Crippen LogP contribution in [0.25, 0.3) is 0 Å². The monoisotopic (exact) mass is 324 g/mol. The third kappa shape index (κ3) is 6.09. The van der Waals surface area contributed by atoms with E-state index in [2.05, 4.69) is 10.6 Å². The van der Waals surface area contributed by atoms with E-state index in [1.54, 1.807) is 0 Å². The van der Waals surface area contributed by atoms with Crippen molar-refractivity contribution in [1.29, 1.82) is 0 Å². The lowest BCUT2D eigenvalue weighted by Crippen LogP contribution is -2.47. The Morgan fingerprint density at radius 2 is 1.83 bits per heavy atom. The molecule has 0 bridgehead atoms. The van der Waals surface area contributed by atoms with Gasteiger partial charge in [0, 0.05) is 18.6 Å². The summed E-state index contributed by atoms with van der Waals surface area (Å²) in [6.07, 6.45) is -0.0517. The standard InChI is InChI=1S/C13H16N4O6/c14-6-11(18)15-7-12(19)16-10(13(20)21)5-8-1-3-9(4-2-8)17(22)23/h1-4,10H,5-7,14H2,(H,15,18)(H,16,19)(H,20,21)/t10-/m0/s1. The number of carbonyl (C=O) groups is 3. The van der Waals surface area contributed by atoms with Crippen molar-refractivity contribution in [2.45, 2.75) is 12.5 Å². The van der Waals surface area contributed by atoms with Crippen LogP contribution in [0.2, 0.25) is 0 Å². The number of rotatable bonds is 8. The third-order valence-corrected chi connectivity index (χ3v) is 2.85. The molecule has 0 fully saturated rings. The minimum Gasteiger partial charge on any atom is -0.480 e. The summed E-state index contributed by atoms with van der Waals surface area (Å²) in [7, 11) is 0. The number of nitrogens with two attached hydrogens (primary N) is 1. The molecule has 1 aromatic rings. The van der Waals surface area contributed by atoms with Crippen molar-refractivity contribution in [1.82, 2.24) is 10.6 Å². The molecule has 0 aliphatic carbocycles. The van der Waals surface area contributed by atoms with Crippen LogP contribution in [-0.4, -0.2) is 46.9 Å². The second-order valence-corrected chi connectivity index (χ2v) is 4.57. The van der Waals surface area contributed by atoms with Gasteiger partial charge in [-0.05, 0) is 5.56 Å². The maximum atomic E-state index is 11.6. The summed E-state index contributed by atoms with van der Waals surface area (Å²) in [5.41, 5.74) is 5.45. The number of carboxylic acids is 1. The molecular formula is C13H16N4O6. The predicted octanol–water partition coefficient (Wildman–Crippen LogP) is -1.22. The largest absolute Gasteiger partial charge is 0.480 e. The van der Waals surface area contributed by atoms with Gasteiger partial charge in [0.2, 0.25) is 11.8 Å². The number of carboxylic acid groups (broad SMARTS) is 1. The van der Waals surface area contributed by atoms with Crippen LogP contribution in [0, 0.1) is 10.1 Å². The second kappa shape index (κ2) is 8.44. The predicted molar refractivity (Wildman–Crippen MR) is 78.4 cm³/mol. The molecule has 5 N–H and O–H groups in total. The van der Waals surface area contributed by atoms with E-state index in [-0.39, 0.29) is 25.2 Å². The average molecular weight is 324 g/mol. The van der Waals surface area contributed by atoms with E-state index >= 15 is 0 Å². The maximum Gasteiger partial charge on any atom is 0.326 e. The van der Waals surface area contributed by atoms with E-state index in [9.17, 15) is 24.5 Å². The Morgan fingerprint density at radius 3 is 2.30 bits per heavy atom. The Hall–Kier alpha value is -3.01. The summed E-state index contributed by atoms with van der Waals surface area (Å²) in [5, 5.41) is 24.1. The molecule has 0 unspecified atom stereocenters. The van der Waals surface area contributed by atoms with Crippen LogP contribution in [0.15, 0.2) is 24.3 Å². The van der Waals surface area contributed by atoms with Crippen molar-refractivity contribution in [3.63, 3.8) is 0 Å². The number of hydrogen-bond acceptors (Lipinski definition) is 6. The molecule has 1 aromatic carbocycles. The van der Waals surface area contributed by atoms with Gasteiger partial charge in [0.05, 0.1) is 18.0 Å². The van der Waals surface area contributed by atoms with E-state index in [0.717, 1.165) is 0 Å². The van der Waals surface area contributed by atoms with E-state index in [4.69, 9.17) is 10.8 Å². The molecule has 10 nitrogen and oxygen atoms in total. The fourth-order valence-electron chi connectivity index (χ4n) is 1.69. The van der Waals surface area contributed by atoms with Gasteiger partial charge in [-0.15, -0.1) is 0 Å². The van der Waals surface area contributed by atoms with E-state index in [1.807, 2.05) is 0 Å². The van der Waals surface area contributed by atoms with Crippen molar-refractivity contribution in [2.75, 3.05) is 13.1 Å². The molecule has 124 valence electrons. The molecule has 1 rings (SSSR count). The number of nitro benzene ring substituents is 1. The highest BCUT2D eigenvalue weighted by Crippen LogP contribution is 2.13. The fourth-order valence-corrected chi connectivity index (χ4v) is 1.69. The number of amides is 2. The molecule has 1 atom stereocenters. The molecule has 0 saturated heterocycles. The van der Waals surface area contributed by atoms with Crippen LogP contribution in [0.4, 0.5) is 5.69 Å². The van der Waals surface area contributed by atoms with Crippen LogP contribution in [0.3, 0.4) is 0 Å². The van der Waals surface area contributed by atoms with Gasteiger partial charge < -0.3 is 21.5 Å². The number of benzene rings is 1. The normalized spacial score (nSPS) is 11.3. The lowest BCUT2D eigenvalue weighted by atomic mass is 10.1. The van der Waals surface area contributed by atoms with Crippen molar-refractivity contribution in [3.05, 3.63) is 39.9 Å². The first-order chi connectivity index (χ1) is 10.8. The fraction of sp³-hybridized carbons (Fsp3) is 0.308. The molecule has 10 heteroatoms. The summed E-state index contributed by atoms with van der Waals surface area (Å²) in [5.74, 6) is -2.48. The van der Waals surface area contributed by atoms with Gasteiger partial charge in [0.25, 0.3) is 5.69 Å². The lowest BCUT2D eigenvalue weighted by Gasteiger charge is -2.14. The number of non-ortho nitro benzene ring substituents is 1. The van der Waals surface area contributed by atoms with Crippen molar-refractivity contribution in [3.8, 4) is 0 Å². The van der Waals surface area contributed by atoms with Crippen molar-refractivity contribution in [2.24, 2.45) is 5.73 Å². The smallest absolute Gasteiger partial charge is 0.326 e. The highest BCUT2D eigenvalue weighted by atomic mass is 16.6. The van der Waals surface area contributed by atoms with E-state index < -0.39 is 28.7 Å². The Balaban J connectivity index is 2.64. The Morgan fingerprint density at radius 1 is 1.22 bits per heavy atom. The van der Waals surface area contributed by atoms with Crippen molar-refractivity contribution < 1.29 is 24.4 Å². The number of aliphatic carboxylic acids is 1. The SMILES string of the molecule is NCC(=O)NCC(=O)N[C@@H](Cc1ccc([N+](=O)[O-])cc1)C(=O)O. The first-order valence-corrected chi connectivity index (χ1v) is 6.55. The second-order valence-electron chi connectivity index (χ2n) is 4.57. The Kier molecular flexibility index (Phi) is 6.62. The summed E-state index contributed by atoms with van der Waals surface area (Å²) in [6.45, 7) is -0.668. The van der Waals surface area contributed by atoms with Crippen LogP contribution in [-0.2, 0) is 20.8 Å². The van der Waals surface area contributed by atoms with Gasteiger partial charge in [-0.2, -0.15) is 0 Å². The Labute approximate surface area is 130 Å². The molecule has 0 aliphatic rings. The molecule has 0 saturated carbocycles. The number of nitrogens with zero attached hydrogens (tertiary/aromatic N) is 1. The van der Waals surface area contributed by atoms with Gasteiger partial charge in [-0.1, -0.05) is 12.1 Å². The van der Waals surface area contributed by atoms with Crippen LogP contribution in [0.1, 0.15) is 5.56 Å². The molecule has 0 spiro atoms. The molecule has 0 heterocycles. The lowest BCUT2D eigenvalue weighted by molar-refractivity contribution is -0.384. The van der Waals surface area contributed by atoms with Gasteiger partial charge in [0.15, 0.2) is 0 Å². The number of nitro groups is 1. The molecule has 23 heavy (non-hydrogen) atoms. The highest BCUT2D eigenvalue weighted by molar-refractivity contribution is 5.88. The molecule has 0 radical (unpaired) electrons. The van der Waals surface area contributed by atoms with Gasteiger partial charge in [0.1, 0.15) is 6.04 Å². The minimum absolute atomic E-state index is 0.0517. The zero-order chi connectivity index (χ0) is 17.4. The summed E-state index contributed by atoms with van der Waals surface area (Å²) >= 11 is 0. The van der Waals surface area contributed by atoms with E-state index in [1.165, 1.54) is 24.3 Å². The van der Waals surface area contributed by atoms with Crippen LogP contribution in [0.5, 0.6) is 0 Å². The number of nitrogens with one attached hydrogen (secondary N) is 2.